The first-order valence-electron chi connectivity index (χ1n) is 8.86. The highest BCUT2D eigenvalue weighted by Gasteiger charge is 2.07. The van der Waals surface area contributed by atoms with Crippen LogP contribution in [-0.2, 0) is 13.0 Å². The highest BCUT2D eigenvalue weighted by atomic mass is 16.5. The third-order valence-electron chi connectivity index (χ3n) is 4.35. The van der Waals surface area contributed by atoms with E-state index in [9.17, 15) is 5.11 Å². The van der Waals surface area contributed by atoms with Crippen LogP contribution in [0.2, 0.25) is 0 Å². The Kier molecular flexibility index (Phi) is 6.28. The Bertz CT molecular complexity index is 896. The van der Waals surface area contributed by atoms with Crippen molar-refractivity contribution in [2.24, 2.45) is 0 Å². The number of hydrogen-bond donors (Lipinski definition) is 2. The van der Waals surface area contributed by atoms with Gasteiger partial charge in [0.25, 0.3) is 0 Å². The van der Waals surface area contributed by atoms with Crippen molar-refractivity contribution in [2.75, 3.05) is 20.8 Å². The molecule has 140 valence electrons. The average molecular weight is 364 g/mol. The largest absolute Gasteiger partial charge is 0.508 e. The number of rotatable bonds is 8. The molecule has 0 radical (unpaired) electrons. The molecule has 0 spiro atoms. The molecule has 0 bridgehead atoms. The van der Waals surface area contributed by atoms with Crippen molar-refractivity contribution in [3.63, 3.8) is 0 Å². The van der Waals surface area contributed by atoms with E-state index in [2.05, 4.69) is 16.4 Å². The standard InChI is InChI=1S/C22H24N2O3/c1-26-19-6-3-5-16(13-19)11-12-23-15-18-14-17(9-10-21(18)25)20-7-4-8-22(24-20)27-2/h3-10,13-14,23,25H,11-12,15H2,1-2H3. The van der Waals surface area contributed by atoms with Crippen LogP contribution in [0.5, 0.6) is 17.4 Å². The second-order valence-corrected chi connectivity index (χ2v) is 6.19. The second kappa shape index (κ2) is 9.05. The second-order valence-electron chi connectivity index (χ2n) is 6.19. The first-order valence-corrected chi connectivity index (χ1v) is 8.86. The van der Waals surface area contributed by atoms with E-state index in [4.69, 9.17) is 9.47 Å². The summed E-state index contributed by atoms with van der Waals surface area (Å²) in [7, 11) is 3.27. The monoisotopic (exact) mass is 364 g/mol. The van der Waals surface area contributed by atoms with Gasteiger partial charge < -0.3 is 19.9 Å². The van der Waals surface area contributed by atoms with Crippen LogP contribution in [0.25, 0.3) is 11.3 Å². The van der Waals surface area contributed by atoms with Crippen LogP contribution in [0, 0.1) is 0 Å². The van der Waals surface area contributed by atoms with E-state index in [1.807, 2.05) is 48.5 Å². The van der Waals surface area contributed by atoms with E-state index in [1.165, 1.54) is 5.56 Å². The first-order chi connectivity index (χ1) is 13.2. The molecule has 3 rings (SSSR count). The van der Waals surface area contributed by atoms with Gasteiger partial charge in [0.1, 0.15) is 11.5 Å². The molecule has 5 nitrogen and oxygen atoms in total. The number of phenols is 1. The third kappa shape index (κ3) is 4.99. The zero-order chi connectivity index (χ0) is 19.1. The minimum Gasteiger partial charge on any atom is -0.508 e. The van der Waals surface area contributed by atoms with E-state index >= 15 is 0 Å². The number of aromatic nitrogens is 1. The van der Waals surface area contributed by atoms with Gasteiger partial charge in [0.15, 0.2) is 0 Å². The van der Waals surface area contributed by atoms with Crippen molar-refractivity contribution in [2.45, 2.75) is 13.0 Å². The molecule has 0 unspecified atom stereocenters. The van der Waals surface area contributed by atoms with Gasteiger partial charge in [-0.2, -0.15) is 0 Å². The average Bonchev–Trinajstić information content (AvgIpc) is 2.72. The Morgan fingerprint density at radius 2 is 1.81 bits per heavy atom. The highest BCUT2D eigenvalue weighted by Crippen LogP contribution is 2.26. The zero-order valence-electron chi connectivity index (χ0n) is 15.6. The minimum absolute atomic E-state index is 0.274. The summed E-state index contributed by atoms with van der Waals surface area (Å²) in [5.41, 5.74) is 3.80. The summed E-state index contributed by atoms with van der Waals surface area (Å²) < 4.78 is 10.4. The Labute approximate surface area is 159 Å². The number of nitrogens with zero attached hydrogens (tertiary/aromatic N) is 1. The number of hydrogen-bond acceptors (Lipinski definition) is 5. The lowest BCUT2D eigenvalue weighted by Crippen LogP contribution is -2.16. The summed E-state index contributed by atoms with van der Waals surface area (Å²) in [5, 5.41) is 13.5. The Balaban J connectivity index is 1.62. The van der Waals surface area contributed by atoms with Gasteiger partial charge in [0.05, 0.1) is 19.9 Å². The van der Waals surface area contributed by atoms with Crippen LogP contribution in [0.3, 0.4) is 0 Å². The molecule has 2 aromatic carbocycles. The van der Waals surface area contributed by atoms with Crippen molar-refractivity contribution >= 4 is 0 Å². The van der Waals surface area contributed by atoms with Crippen molar-refractivity contribution in [1.82, 2.24) is 10.3 Å². The predicted octanol–water partition coefficient (Wildman–Crippen LogP) is 3.80. The van der Waals surface area contributed by atoms with E-state index < -0.39 is 0 Å². The van der Waals surface area contributed by atoms with Crippen molar-refractivity contribution in [3.8, 4) is 28.6 Å². The van der Waals surface area contributed by atoms with E-state index in [-0.39, 0.29) is 5.75 Å². The maximum atomic E-state index is 10.2. The Morgan fingerprint density at radius 1 is 0.963 bits per heavy atom. The SMILES string of the molecule is COc1cccc(CCNCc2cc(-c3cccc(OC)n3)ccc2O)c1. The van der Waals surface area contributed by atoms with E-state index in [0.29, 0.717) is 12.4 Å². The van der Waals surface area contributed by atoms with Crippen LogP contribution in [0.15, 0.2) is 60.7 Å². The van der Waals surface area contributed by atoms with Crippen LogP contribution in [-0.4, -0.2) is 30.9 Å². The molecule has 0 atom stereocenters. The van der Waals surface area contributed by atoms with Gasteiger partial charge in [-0.1, -0.05) is 18.2 Å². The smallest absolute Gasteiger partial charge is 0.213 e. The fraction of sp³-hybridized carbons (Fsp3) is 0.227. The van der Waals surface area contributed by atoms with E-state index in [1.54, 1.807) is 20.3 Å². The molecule has 0 amide bonds. The normalized spacial score (nSPS) is 10.6. The molecule has 0 aliphatic rings. The fourth-order valence-electron chi connectivity index (χ4n) is 2.86. The number of ether oxygens (including phenoxy) is 2. The van der Waals surface area contributed by atoms with Gasteiger partial charge in [0, 0.05) is 23.7 Å². The minimum atomic E-state index is 0.274. The number of methoxy groups -OCH3 is 2. The number of benzene rings is 2. The molecular weight excluding hydrogens is 340 g/mol. The lowest BCUT2D eigenvalue weighted by atomic mass is 10.1. The van der Waals surface area contributed by atoms with Gasteiger partial charge in [-0.15, -0.1) is 0 Å². The first kappa shape index (κ1) is 18.7. The molecule has 1 aromatic heterocycles. The summed E-state index contributed by atoms with van der Waals surface area (Å²) in [6, 6.07) is 19.2. The number of phenolic OH excluding ortho intramolecular Hbond substituents is 1. The Hall–Kier alpha value is -3.05. The number of pyridine rings is 1. The van der Waals surface area contributed by atoms with Crippen molar-refractivity contribution < 1.29 is 14.6 Å². The summed E-state index contributed by atoms with van der Waals surface area (Å²) in [4.78, 5) is 4.45. The van der Waals surface area contributed by atoms with Gasteiger partial charge in [-0.05, 0) is 54.9 Å². The van der Waals surface area contributed by atoms with Gasteiger partial charge in [-0.3, -0.25) is 0 Å². The highest BCUT2D eigenvalue weighted by molar-refractivity contribution is 5.62. The molecule has 3 aromatic rings. The fourth-order valence-corrected chi connectivity index (χ4v) is 2.86. The summed E-state index contributed by atoms with van der Waals surface area (Å²) in [6.07, 6.45) is 0.884. The Morgan fingerprint density at radius 3 is 2.63 bits per heavy atom. The molecule has 0 aliphatic carbocycles. The quantitative estimate of drug-likeness (QED) is 0.595. The molecule has 5 heteroatoms. The number of nitrogens with one attached hydrogen (secondary N) is 1. The molecule has 2 N–H and O–H groups in total. The summed E-state index contributed by atoms with van der Waals surface area (Å²) >= 11 is 0. The molecular formula is C22H24N2O3. The topological polar surface area (TPSA) is 63.6 Å². The molecule has 27 heavy (non-hydrogen) atoms. The van der Waals surface area contributed by atoms with Crippen LogP contribution >= 0.6 is 0 Å². The lowest BCUT2D eigenvalue weighted by molar-refractivity contribution is 0.398. The van der Waals surface area contributed by atoms with E-state index in [0.717, 1.165) is 35.5 Å². The third-order valence-corrected chi connectivity index (χ3v) is 4.35. The lowest BCUT2D eigenvalue weighted by Gasteiger charge is -2.10. The molecule has 1 heterocycles. The van der Waals surface area contributed by atoms with Crippen molar-refractivity contribution in [3.05, 3.63) is 71.8 Å². The maximum absolute atomic E-state index is 10.2. The van der Waals surface area contributed by atoms with Gasteiger partial charge in [-0.25, -0.2) is 4.98 Å². The summed E-state index contributed by atoms with van der Waals surface area (Å²) in [5.74, 6) is 1.71. The molecule has 0 saturated heterocycles. The zero-order valence-corrected chi connectivity index (χ0v) is 15.6. The predicted molar refractivity (Wildman–Crippen MR) is 106 cm³/mol. The molecule has 0 saturated carbocycles. The van der Waals surface area contributed by atoms with Crippen molar-refractivity contribution in [1.29, 1.82) is 0 Å². The maximum Gasteiger partial charge on any atom is 0.213 e. The molecule has 0 aliphatic heterocycles. The van der Waals surface area contributed by atoms with Crippen LogP contribution in [0.4, 0.5) is 0 Å². The van der Waals surface area contributed by atoms with Crippen LogP contribution in [0.1, 0.15) is 11.1 Å². The number of aromatic hydroxyl groups is 1. The van der Waals surface area contributed by atoms with Crippen LogP contribution < -0.4 is 14.8 Å². The van der Waals surface area contributed by atoms with Gasteiger partial charge in [0.2, 0.25) is 5.88 Å². The summed E-state index contributed by atoms with van der Waals surface area (Å²) in [6.45, 7) is 1.38. The van der Waals surface area contributed by atoms with Gasteiger partial charge >= 0.3 is 0 Å². The molecule has 0 fully saturated rings.